The maximum absolute atomic E-state index is 14.2. The molecule has 1 aromatic carbocycles. The molecule has 0 bridgehead atoms. The van der Waals surface area contributed by atoms with Crippen molar-refractivity contribution in [3.8, 4) is 11.8 Å². The van der Waals surface area contributed by atoms with Gasteiger partial charge in [0.05, 0.1) is 5.56 Å². The predicted octanol–water partition coefficient (Wildman–Crippen LogP) is 7.93. The number of halogens is 5. The van der Waals surface area contributed by atoms with Gasteiger partial charge in [-0.2, -0.15) is 13.2 Å². The highest BCUT2D eigenvalue weighted by atomic mass is 19.4. The van der Waals surface area contributed by atoms with E-state index >= 15 is 0 Å². The van der Waals surface area contributed by atoms with Crippen LogP contribution in [0.5, 0.6) is 0 Å². The molecule has 2 fully saturated rings. The van der Waals surface area contributed by atoms with Gasteiger partial charge < -0.3 is 0 Å². The summed E-state index contributed by atoms with van der Waals surface area (Å²) in [5.41, 5.74) is -0.271. The van der Waals surface area contributed by atoms with E-state index in [0.717, 1.165) is 49.9 Å². The molecule has 0 aliphatic heterocycles. The zero-order valence-corrected chi connectivity index (χ0v) is 17.2. The molecule has 5 heteroatoms. The van der Waals surface area contributed by atoms with Gasteiger partial charge in [-0.05, 0) is 92.7 Å². The van der Waals surface area contributed by atoms with Gasteiger partial charge in [0.25, 0.3) is 0 Å². The lowest BCUT2D eigenvalue weighted by molar-refractivity contribution is -0.0696. The fourth-order valence-corrected chi connectivity index (χ4v) is 5.31. The predicted molar refractivity (Wildman–Crippen MR) is 109 cm³/mol. The number of benzene rings is 1. The molecular formula is C25H29F5. The van der Waals surface area contributed by atoms with Crippen LogP contribution in [0.3, 0.4) is 0 Å². The first-order valence-corrected chi connectivity index (χ1v) is 11.0. The van der Waals surface area contributed by atoms with Crippen LogP contribution in [0, 0.1) is 41.2 Å². The lowest BCUT2D eigenvalue weighted by atomic mass is 9.68. The van der Waals surface area contributed by atoms with Gasteiger partial charge in [0, 0.05) is 5.92 Å². The number of rotatable bonds is 5. The van der Waals surface area contributed by atoms with Crippen LogP contribution in [-0.4, -0.2) is 6.18 Å². The molecule has 0 aromatic heterocycles. The first kappa shape index (κ1) is 22.8. The van der Waals surface area contributed by atoms with Gasteiger partial charge in [-0.25, -0.2) is 8.78 Å². The summed E-state index contributed by atoms with van der Waals surface area (Å²) >= 11 is 0. The molecule has 0 atom stereocenters. The van der Waals surface area contributed by atoms with E-state index in [1.165, 1.54) is 44.2 Å². The standard InChI is InChI=1S/C25H29F5/c1-2-3-4-17-5-7-18(8-6-17)19-9-11-20(12-10-19)21-15-23(26)22(24(27)16-21)13-14-25(28,29)30/h2,15-20H,1,3-12H2. The van der Waals surface area contributed by atoms with Crippen LogP contribution in [0.1, 0.15) is 81.3 Å². The van der Waals surface area contributed by atoms with Crippen molar-refractivity contribution in [1.82, 2.24) is 0 Å². The normalized spacial score (nSPS) is 27.2. The Bertz CT molecular complexity index is 759. The zero-order chi connectivity index (χ0) is 21.7. The lowest BCUT2D eigenvalue weighted by Crippen LogP contribution is -2.25. The summed E-state index contributed by atoms with van der Waals surface area (Å²) in [6.45, 7) is 3.80. The van der Waals surface area contributed by atoms with Gasteiger partial charge in [-0.15, -0.1) is 6.58 Å². The monoisotopic (exact) mass is 424 g/mol. The summed E-state index contributed by atoms with van der Waals surface area (Å²) in [6.07, 6.45) is 8.50. The van der Waals surface area contributed by atoms with Crippen LogP contribution < -0.4 is 0 Å². The maximum Gasteiger partial charge on any atom is 0.458 e. The largest absolute Gasteiger partial charge is 0.458 e. The molecule has 30 heavy (non-hydrogen) atoms. The van der Waals surface area contributed by atoms with E-state index < -0.39 is 23.4 Å². The van der Waals surface area contributed by atoms with Crippen LogP contribution in [0.2, 0.25) is 0 Å². The second-order valence-corrected chi connectivity index (χ2v) is 8.87. The van der Waals surface area contributed by atoms with Gasteiger partial charge in [0.1, 0.15) is 11.6 Å². The van der Waals surface area contributed by atoms with Crippen molar-refractivity contribution in [3.63, 3.8) is 0 Å². The van der Waals surface area contributed by atoms with Gasteiger partial charge in [0.15, 0.2) is 0 Å². The van der Waals surface area contributed by atoms with Crippen molar-refractivity contribution < 1.29 is 22.0 Å². The summed E-state index contributed by atoms with van der Waals surface area (Å²) in [6, 6.07) is 2.33. The minimum absolute atomic E-state index is 0.0544. The smallest absolute Gasteiger partial charge is 0.206 e. The molecule has 0 radical (unpaired) electrons. The minimum Gasteiger partial charge on any atom is -0.206 e. The number of allylic oxidation sites excluding steroid dienone is 1. The molecule has 0 spiro atoms. The van der Waals surface area contributed by atoms with Crippen LogP contribution in [0.4, 0.5) is 22.0 Å². The van der Waals surface area contributed by atoms with Crippen molar-refractivity contribution in [2.45, 2.75) is 76.3 Å². The molecule has 164 valence electrons. The van der Waals surface area contributed by atoms with Crippen molar-refractivity contribution in [2.24, 2.45) is 17.8 Å². The quantitative estimate of drug-likeness (QED) is 0.256. The van der Waals surface area contributed by atoms with E-state index in [-0.39, 0.29) is 5.92 Å². The first-order valence-electron chi connectivity index (χ1n) is 11.0. The second kappa shape index (κ2) is 9.98. The van der Waals surface area contributed by atoms with Gasteiger partial charge in [-0.1, -0.05) is 24.8 Å². The number of hydrogen-bond acceptors (Lipinski definition) is 0. The molecular weight excluding hydrogens is 395 g/mol. The highest BCUT2D eigenvalue weighted by molar-refractivity contribution is 5.40. The summed E-state index contributed by atoms with van der Waals surface area (Å²) in [4.78, 5) is 0. The van der Waals surface area contributed by atoms with Crippen LogP contribution >= 0.6 is 0 Å². The summed E-state index contributed by atoms with van der Waals surface area (Å²) < 4.78 is 65.1. The molecule has 0 N–H and O–H groups in total. The Morgan fingerprint density at radius 1 is 0.900 bits per heavy atom. The summed E-state index contributed by atoms with van der Waals surface area (Å²) in [5, 5.41) is 0. The van der Waals surface area contributed by atoms with Crippen molar-refractivity contribution in [1.29, 1.82) is 0 Å². The second-order valence-electron chi connectivity index (χ2n) is 8.87. The molecule has 2 aliphatic carbocycles. The van der Waals surface area contributed by atoms with E-state index in [1.54, 1.807) is 5.92 Å². The highest BCUT2D eigenvalue weighted by Gasteiger charge is 2.31. The molecule has 0 nitrogen and oxygen atoms in total. The van der Waals surface area contributed by atoms with Crippen LogP contribution in [0.15, 0.2) is 24.8 Å². The van der Waals surface area contributed by atoms with Crippen molar-refractivity contribution >= 4 is 0 Å². The Morgan fingerprint density at radius 3 is 1.93 bits per heavy atom. The van der Waals surface area contributed by atoms with Crippen LogP contribution in [0.25, 0.3) is 0 Å². The molecule has 0 heterocycles. The molecule has 0 unspecified atom stereocenters. The molecule has 0 amide bonds. The molecule has 2 saturated carbocycles. The topological polar surface area (TPSA) is 0 Å². The third-order valence-corrected chi connectivity index (χ3v) is 6.97. The first-order chi connectivity index (χ1) is 14.3. The molecule has 1 aromatic rings. The van der Waals surface area contributed by atoms with Gasteiger partial charge >= 0.3 is 6.18 Å². The number of hydrogen-bond donors (Lipinski definition) is 0. The average Bonchev–Trinajstić information content (AvgIpc) is 2.71. The van der Waals surface area contributed by atoms with E-state index in [1.807, 2.05) is 6.08 Å². The summed E-state index contributed by atoms with van der Waals surface area (Å²) in [5.74, 6) is 2.80. The Balaban J connectivity index is 1.56. The fourth-order valence-electron chi connectivity index (χ4n) is 5.31. The van der Waals surface area contributed by atoms with E-state index in [0.29, 0.717) is 11.5 Å². The SMILES string of the molecule is C=CCCC1CCC(C2CCC(c3cc(F)c(C#CC(F)(F)F)c(F)c3)CC2)CC1. The van der Waals surface area contributed by atoms with Gasteiger partial charge in [0.2, 0.25) is 0 Å². The van der Waals surface area contributed by atoms with E-state index in [4.69, 9.17) is 0 Å². The van der Waals surface area contributed by atoms with Crippen molar-refractivity contribution in [3.05, 3.63) is 47.5 Å². The van der Waals surface area contributed by atoms with Crippen molar-refractivity contribution in [2.75, 3.05) is 0 Å². The summed E-state index contributed by atoms with van der Waals surface area (Å²) in [7, 11) is 0. The third-order valence-electron chi connectivity index (χ3n) is 6.97. The maximum atomic E-state index is 14.2. The average molecular weight is 424 g/mol. The molecule has 0 saturated heterocycles. The van der Waals surface area contributed by atoms with E-state index in [2.05, 4.69) is 6.58 Å². The highest BCUT2D eigenvalue weighted by Crippen LogP contribution is 2.44. The lowest BCUT2D eigenvalue weighted by Gasteiger charge is -2.38. The fraction of sp³-hybridized carbons (Fsp3) is 0.600. The Hall–Kier alpha value is -1.83. The molecule has 2 aliphatic rings. The molecule has 3 rings (SSSR count). The zero-order valence-electron chi connectivity index (χ0n) is 17.2. The number of alkyl halides is 3. The van der Waals surface area contributed by atoms with Gasteiger partial charge in [-0.3, -0.25) is 0 Å². The minimum atomic E-state index is -4.78. The van der Waals surface area contributed by atoms with Crippen LogP contribution in [-0.2, 0) is 0 Å². The van der Waals surface area contributed by atoms with E-state index in [9.17, 15) is 22.0 Å². The third kappa shape index (κ3) is 6.09. The Labute approximate surface area is 175 Å². The Kier molecular flexibility index (Phi) is 7.60. The Morgan fingerprint density at radius 2 is 1.43 bits per heavy atom.